The molecule has 0 spiro atoms. The third-order valence-corrected chi connectivity index (χ3v) is 2.31. The van der Waals surface area contributed by atoms with Crippen LogP contribution in [0.25, 0.3) is 0 Å². The molecule has 5 heteroatoms. The number of nitrogens with one attached hydrogen (secondary N) is 1. The fourth-order valence-corrected chi connectivity index (χ4v) is 1.32. The van der Waals surface area contributed by atoms with E-state index in [1.165, 1.54) is 6.92 Å². The molecule has 0 aromatic heterocycles. The average Bonchev–Trinajstić information content (AvgIpc) is 2.25. The van der Waals surface area contributed by atoms with Gasteiger partial charge in [0.05, 0.1) is 5.71 Å². The van der Waals surface area contributed by atoms with E-state index in [9.17, 15) is 4.79 Å². The molecule has 1 aromatic rings. The van der Waals surface area contributed by atoms with E-state index in [4.69, 9.17) is 16.7 Å². The van der Waals surface area contributed by atoms with E-state index in [1.54, 1.807) is 19.1 Å². The number of nitrogens with zero attached hydrogens (tertiary/aromatic N) is 1. The molecule has 0 aliphatic carbocycles. The van der Waals surface area contributed by atoms with Gasteiger partial charge in [-0.3, -0.25) is 4.79 Å². The lowest BCUT2D eigenvalue weighted by Crippen LogP contribution is -2.29. The Morgan fingerprint density at radius 2 is 2.12 bits per heavy atom. The summed E-state index contributed by atoms with van der Waals surface area (Å²) in [4.78, 5) is 11.1. The Morgan fingerprint density at radius 3 is 2.69 bits per heavy atom. The number of rotatable bonds is 3. The molecule has 0 heterocycles. The van der Waals surface area contributed by atoms with Crippen LogP contribution in [0.1, 0.15) is 19.4 Å². The first kappa shape index (κ1) is 12.7. The summed E-state index contributed by atoms with van der Waals surface area (Å²) < 4.78 is 0. The number of aliphatic hydroxyl groups excluding tert-OH is 1. The molecular formula is C11H13ClN2O2. The van der Waals surface area contributed by atoms with Crippen molar-refractivity contribution in [3.8, 4) is 0 Å². The molecule has 0 aliphatic rings. The third-order valence-electron chi connectivity index (χ3n) is 1.98. The number of hydrazone groups is 1. The topological polar surface area (TPSA) is 61.7 Å². The van der Waals surface area contributed by atoms with Crippen LogP contribution in [0.4, 0.5) is 0 Å². The summed E-state index contributed by atoms with van der Waals surface area (Å²) in [5.41, 5.74) is 3.58. The van der Waals surface area contributed by atoms with Gasteiger partial charge in [-0.25, -0.2) is 5.43 Å². The fourth-order valence-electron chi connectivity index (χ4n) is 1.05. The highest BCUT2D eigenvalue weighted by atomic mass is 35.5. The van der Waals surface area contributed by atoms with Crippen molar-refractivity contribution in [2.75, 3.05) is 0 Å². The van der Waals surface area contributed by atoms with Crippen LogP contribution in [-0.4, -0.2) is 22.8 Å². The third kappa shape index (κ3) is 3.32. The Balaban J connectivity index is 2.79. The molecule has 0 bridgehead atoms. The lowest BCUT2D eigenvalue weighted by atomic mass is 10.1. The second kappa shape index (κ2) is 5.63. The van der Waals surface area contributed by atoms with E-state index < -0.39 is 12.0 Å². The Kier molecular flexibility index (Phi) is 4.46. The molecule has 0 aliphatic heterocycles. The lowest BCUT2D eigenvalue weighted by molar-refractivity contribution is -0.128. The zero-order chi connectivity index (χ0) is 12.1. The summed E-state index contributed by atoms with van der Waals surface area (Å²) in [5, 5.41) is 13.4. The van der Waals surface area contributed by atoms with Gasteiger partial charge < -0.3 is 5.11 Å². The van der Waals surface area contributed by atoms with Crippen molar-refractivity contribution in [1.82, 2.24) is 5.43 Å². The summed E-state index contributed by atoms with van der Waals surface area (Å²) in [6.45, 7) is 3.10. The predicted molar refractivity (Wildman–Crippen MR) is 63.5 cm³/mol. The molecule has 1 atom stereocenters. The number of benzene rings is 1. The number of aliphatic hydroxyl groups is 1. The van der Waals surface area contributed by atoms with Crippen molar-refractivity contribution in [3.05, 3.63) is 34.9 Å². The molecule has 1 unspecified atom stereocenters. The van der Waals surface area contributed by atoms with Gasteiger partial charge in [0, 0.05) is 10.6 Å². The largest absolute Gasteiger partial charge is 0.383 e. The van der Waals surface area contributed by atoms with Crippen molar-refractivity contribution in [1.29, 1.82) is 0 Å². The molecule has 0 saturated heterocycles. The quantitative estimate of drug-likeness (QED) is 0.622. The first-order valence-corrected chi connectivity index (χ1v) is 5.17. The standard InChI is InChI=1S/C11H13ClN2O2/c1-7(13-14-11(16)8(2)15)9-5-3-4-6-10(9)12/h3-6,8,15H,1-2H3,(H,14,16). The van der Waals surface area contributed by atoms with Crippen LogP contribution in [0.5, 0.6) is 0 Å². The minimum Gasteiger partial charge on any atom is -0.383 e. The summed E-state index contributed by atoms with van der Waals surface area (Å²) in [6.07, 6.45) is -1.08. The molecule has 1 amide bonds. The highest BCUT2D eigenvalue weighted by Crippen LogP contribution is 2.15. The average molecular weight is 241 g/mol. The van der Waals surface area contributed by atoms with Crippen molar-refractivity contribution >= 4 is 23.2 Å². The van der Waals surface area contributed by atoms with E-state index in [1.807, 2.05) is 12.1 Å². The van der Waals surface area contributed by atoms with Crippen LogP contribution in [-0.2, 0) is 4.79 Å². The van der Waals surface area contributed by atoms with Gasteiger partial charge in [0.1, 0.15) is 6.10 Å². The number of hydrogen-bond donors (Lipinski definition) is 2. The lowest BCUT2D eigenvalue weighted by Gasteiger charge is -2.05. The summed E-state index contributed by atoms with van der Waals surface area (Å²) >= 11 is 5.95. The van der Waals surface area contributed by atoms with Gasteiger partial charge in [-0.1, -0.05) is 29.8 Å². The Hall–Kier alpha value is -1.39. The smallest absolute Gasteiger partial charge is 0.268 e. The maximum Gasteiger partial charge on any atom is 0.268 e. The number of hydrogen-bond acceptors (Lipinski definition) is 3. The van der Waals surface area contributed by atoms with Crippen molar-refractivity contribution in [3.63, 3.8) is 0 Å². The van der Waals surface area contributed by atoms with Crippen LogP contribution >= 0.6 is 11.6 Å². The fraction of sp³-hybridized carbons (Fsp3) is 0.273. The van der Waals surface area contributed by atoms with Gasteiger partial charge in [-0.2, -0.15) is 5.10 Å². The normalized spacial score (nSPS) is 13.4. The minimum atomic E-state index is -1.08. The van der Waals surface area contributed by atoms with Crippen LogP contribution in [0.15, 0.2) is 29.4 Å². The first-order chi connectivity index (χ1) is 7.52. The molecule has 0 fully saturated rings. The second-order valence-electron chi connectivity index (χ2n) is 3.33. The monoisotopic (exact) mass is 240 g/mol. The first-order valence-electron chi connectivity index (χ1n) is 4.79. The van der Waals surface area contributed by atoms with E-state index in [0.717, 1.165) is 5.56 Å². The van der Waals surface area contributed by atoms with Crippen molar-refractivity contribution < 1.29 is 9.90 Å². The van der Waals surface area contributed by atoms with E-state index in [0.29, 0.717) is 10.7 Å². The van der Waals surface area contributed by atoms with E-state index >= 15 is 0 Å². The zero-order valence-corrected chi connectivity index (χ0v) is 9.82. The number of halogens is 1. The van der Waals surface area contributed by atoms with Crippen LogP contribution in [0.3, 0.4) is 0 Å². The summed E-state index contributed by atoms with van der Waals surface area (Å²) in [5.74, 6) is -0.550. The van der Waals surface area contributed by atoms with Crippen LogP contribution in [0, 0.1) is 0 Å². The Morgan fingerprint density at radius 1 is 1.50 bits per heavy atom. The van der Waals surface area contributed by atoms with Gasteiger partial charge in [0.25, 0.3) is 5.91 Å². The highest BCUT2D eigenvalue weighted by Gasteiger charge is 2.08. The zero-order valence-electron chi connectivity index (χ0n) is 9.07. The van der Waals surface area contributed by atoms with Gasteiger partial charge >= 0.3 is 0 Å². The Bertz CT molecular complexity index is 416. The number of carbonyl (C=O) groups is 1. The molecule has 86 valence electrons. The molecule has 2 N–H and O–H groups in total. The maximum absolute atomic E-state index is 11.1. The van der Waals surface area contributed by atoms with Gasteiger partial charge in [0.15, 0.2) is 0 Å². The highest BCUT2D eigenvalue weighted by molar-refractivity contribution is 6.34. The summed E-state index contributed by atoms with van der Waals surface area (Å²) in [6, 6.07) is 7.19. The second-order valence-corrected chi connectivity index (χ2v) is 3.74. The summed E-state index contributed by atoms with van der Waals surface area (Å²) in [7, 11) is 0. The molecule has 1 rings (SSSR count). The van der Waals surface area contributed by atoms with E-state index in [2.05, 4.69) is 10.5 Å². The van der Waals surface area contributed by atoms with Crippen LogP contribution < -0.4 is 5.43 Å². The van der Waals surface area contributed by atoms with Crippen LogP contribution in [0.2, 0.25) is 5.02 Å². The molecule has 1 aromatic carbocycles. The molecule has 4 nitrogen and oxygen atoms in total. The number of carbonyl (C=O) groups excluding carboxylic acids is 1. The minimum absolute atomic E-state index is 0.550. The molecule has 0 radical (unpaired) electrons. The SMILES string of the molecule is CC(=NNC(=O)C(C)O)c1ccccc1Cl. The van der Waals surface area contributed by atoms with Crippen molar-refractivity contribution in [2.24, 2.45) is 5.10 Å². The van der Waals surface area contributed by atoms with Gasteiger partial charge in [0.2, 0.25) is 0 Å². The van der Waals surface area contributed by atoms with E-state index in [-0.39, 0.29) is 0 Å². The molecule has 0 saturated carbocycles. The number of amides is 1. The van der Waals surface area contributed by atoms with Crippen molar-refractivity contribution in [2.45, 2.75) is 20.0 Å². The predicted octanol–water partition coefficient (Wildman–Crippen LogP) is 1.56. The maximum atomic E-state index is 11.1. The molecule has 16 heavy (non-hydrogen) atoms. The van der Waals surface area contributed by atoms with Gasteiger partial charge in [-0.05, 0) is 19.9 Å². The Labute approximate surface area is 98.9 Å². The molecular weight excluding hydrogens is 228 g/mol. The van der Waals surface area contributed by atoms with Gasteiger partial charge in [-0.15, -0.1) is 0 Å².